The van der Waals surface area contributed by atoms with Crippen LogP contribution in [-0.2, 0) is 27.7 Å². The number of rotatable bonds is 4. The quantitative estimate of drug-likeness (QED) is 0.795. The van der Waals surface area contributed by atoms with Crippen molar-refractivity contribution in [3.8, 4) is 0 Å². The van der Waals surface area contributed by atoms with Gasteiger partial charge in [0.1, 0.15) is 5.78 Å². The van der Waals surface area contributed by atoms with Crippen molar-refractivity contribution < 1.29 is 13.2 Å². The highest BCUT2D eigenvalue weighted by Gasteiger charge is 2.31. The maximum atomic E-state index is 13.1. The lowest BCUT2D eigenvalue weighted by Crippen LogP contribution is -2.48. The number of benzene rings is 2. The number of nitrogens with zero attached hydrogens (tertiary/aromatic N) is 2. The number of hydrogen-bond donors (Lipinski definition) is 0. The Bertz CT molecular complexity index is 991. The van der Waals surface area contributed by atoms with Crippen molar-refractivity contribution in [1.82, 2.24) is 4.31 Å². The van der Waals surface area contributed by atoms with Gasteiger partial charge in [0.25, 0.3) is 0 Å². The van der Waals surface area contributed by atoms with E-state index in [0.717, 1.165) is 23.2 Å². The maximum Gasteiger partial charge on any atom is 0.243 e. The average molecular weight is 399 g/mol. The van der Waals surface area contributed by atoms with Gasteiger partial charge in [0.05, 0.1) is 4.90 Å². The lowest BCUT2D eigenvalue weighted by Gasteiger charge is -2.35. The molecule has 0 bridgehead atoms. The van der Waals surface area contributed by atoms with Gasteiger partial charge in [-0.2, -0.15) is 4.31 Å². The topological polar surface area (TPSA) is 57.7 Å². The number of carbonyl (C=O) groups is 1. The zero-order valence-electron chi connectivity index (χ0n) is 16.4. The molecular formula is C22H26N2O3S. The van der Waals surface area contributed by atoms with Crippen molar-refractivity contribution >= 4 is 21.5 Å². The summed E-state index contributed by atoms with van der Waals surface area (Å²) in [5.74, 6) is 0.166. The van der Waals surface area contributed by atoms with Crippen LogP contribution < -0.4 is 4.90 Å². The molecule has 5 nitrogen and oxygen atoms in total. The molecule has 148 valence electrons. The molecule has 0 saturated carbocycles. The molecule has 1 aliphatic carbocycles. The van der Waals surface area contributed by atoms with Crippen LogP contribution in [0.3, 0.4) is 0 Å². The smallest absolute Gasteiger partial charge is 0.243 e. The van der Waals surface area contributed by atoms with Crippen LogP contribution in [-0.4, -0.2) is 44.7 Å². The molecule has 28 heavy (non-hydrogen) atoms. The van der Waals surface area contributed by atoms with Crippen LogP contribution in [0.4, 0.5) is 5.69 Å². The van der Waals surface area contributed by atoms with Gasteiger partial charge in [0.2, 0.25) is 10.0 Å². The van der Waals surface area contributed by atoms with E-state index < -0.39 is 10.0 Å². The van der Waals surface area contributed by atoms with Crippen molar-refractivity contribution in [3.63, 3.8) is 0 Å². The molecular weight excluding hydrogens is 372 g/mol. The molecule has 1 fully saturated rings. The Balaban J connectivity index is 1.47. The standard InChI is InChI=1S/C22H26N2O3S/c1-16-3-6-21(7-4-16)23-9-11-24(12-10-23)28(26,27)22-8-5-18-13-19(17(2)25)14-20(18)15-22/h3-8,15,19H,9-14H2,1-2H3. The first kappa shape index (κ1) is 19.2. The molecule has 1 unspecified atom stereocenters. The average Bonchev–Trinajstić information content (AvgIpc) is 3.12. The van der Waals surface area contributed by atoms with Gasteiger partial charge in [-0.25, -0.2) is 8.42 Å². The second-order valence-electron chi connectivity index (χ2n) is 7.87. The fourth-order valence-electron chi connectivity index (χ4n) is 4.13. The molecule has 0 N–H and O–H groups in total. The third-order valence-corrected chi connectivity index (χ3v) is 7.86. The first-order valence-electron chi connectivity index (χ1n) is 9.78. The number of fused-ring (bicyclic) bond motifs is 1. The minimum Gasteiger partial charge on any atom is -0.369 e. The summed E-state index contributed by atoms with van der Waals surface area (Å²) >= 11 is 0. The highest BCUT2D eigenvalue weighted by atomic mass is 32.2. The normalized spacial score (nSPS) is 20.2. The summed E-state index contributed by atoms with van der Waals surface area (Å²) in [5.41, 5.74) is 4.45. The number of Topliss-reactive ketones (excluding diaryl/α,β-unsaturated/α-hetero) is 1. The molecule has 4 rings (SSSR count). The summed E-state index contributed by atoms with van der Waals surface area (Å²) in [4.78, 5) is 14.3. The highest BCUT2D eigenvalue weighted by molar-refractivity contribution is 7.89. The highest BCUT2D eigenvalue weighted by Crippen LogP contribution is 2.30. The van der Waals surface area contributed by atoms with Crippen molar-refractivity contribution in [3.05, 3.63) is 59.2 Å². The van der Waals surface area contributed by atoms with Gasteiger partial charge < -0.3 is 4.90 Å². The van der Waals surface area contributed by atoms with E-state index in [9.17, 15) is 13.2 Å². The maximum absolute atomic E-state index is 13.1. The second kappa shape index (κ2) is 7.33. The molecule has 0 aromatic heterocycles. The first-order valence-corrected chi connectivity index (χ1v) is 11.2. The third kappa shape index (κ3) is 3.59. The summed E-state index contributed by atoms with van der Waals surface area (Å²) in [6.07, 6.45) is 1.37. The monoisotopic (exact) mass is 398 g/mol. The molecule has 1 aliphatic heterocycles. The number of ketones is 1. The van der Waals surface area contributed by atoms with Gasteiger partial charge in [0, 0.05) is 37.8 Å². The zero-order chi connectivity index (χ0) is 19.9. The summed E-state index contributed by atoms with van der Waals surface area (Å²) in [6.45, 7) is 5.98. The Morgan fingerprint density at radius 2 is 1.57 bits per heavy atom. The van der Waals surface area contributed by atoms with E-state index in [0.29, 0.717) is 37.5 Å². The van der Waals surface area contributed by atoms with Gasteiger partial charge in [-0.15, -0.1) is 0 Å². The molecule has 0 amide bonds. The molecule has 2 aromatic carbocycles. The minimum atomic E-state index is -3.51. The fraction of sp³-hybridized carbons (Fsp3) is 0.409. The largest absolute Gasteiger partial charge is 0.369 e. The van der Waals surface area contributed by atoms with Gasteiger partial charge in [-0.3, -0.25) is 4.79 Å². The number of hydrogen-bond acceptors (Lipinski definition) is 4. The van der Waals surface area contributed by atoms with E-state index in [1.54, 1.807) is 23.4 Å². The molecule has 6 heteroatoms. The molecule has 1 saturated heterocycles. The van der Waals surface area contributed by atoms with Crippen LogP contribution in [0, 0.1) is 12.8 Å². The Morgan fingerprint density at radius 1 is 0.929 bits per heavy atom. The van der Waals surface area contributed by atoms with Crippen LogP contribution in [0.25, 0.3) is 0 Å². The first-order chi connectivity index (χ1) is 13.3. The van der Waals surface area contributed by atoms with Crippen LogP contribution in [0.5, 0.6) is 0 Å². The van der Waals surface area contributed by atoms with E-state index in [1.807, 2.05) is 6.07 Å². The lowest BCUT2D eigenvalue weighted by molar-refractivity contribution is -0.120. The Hall–Kier alpha value is -2.18. The van der Waals surface area contributed by atoms with Crippen LogP contribution in [0.1, 0.15) is 23.6 Å². The van der Waals surface area contributed by atoms with Crippen LogP contribution in [0.15, 0.2) is 47.4 Å². The second-order valence-corrected chi connectivity index (χ2v) is 9.81. The Labute approximate surface area is 167 Å². The van der Waals surface area contributed by atoms with E-state index in [2.05, 4.69) is 36.1 Å². The van der Waals surface area contributed by atoms with Crippen LogP contribution in [0.2, 0.25) is 0 Å². The number of sulfonamides is 1. The van der Waals surface area contributed by atoms with E-state index in [4.69, 9.17) is 0 Å². The predicted molar refractivity (Wildman–Crippen MR) is 110 cm³/mol. The summed E-state index contributed by atoms with van der Waals surface area (Å²) in [5, 5.41) is 0. The molecule has 0 radical (unpaired) electrons. The SMILES string of the molecule is CC(=O)C1Cc2ccc(S(=O)(=O)N3CCN(c4ccc(C)cc4)CC3)cc2C1. The summed E-state index contributed by atoms with van der Waals surface area (Å²) in [6, 6.07) is 13.7. The number of anilines is 1. The summed E-state index contributed by atoms with van der Waals surface area (Å²) < 4.78 is 27.8. The van der Waals surface area contributed by atoms with Crippen molar-refractivity contribution in [2.24, 2.45) is 5.92 Å². The molecule has 2 aliphatic rings. The van der Waals surface area contributed by atoms with Gasteiger partial charge in [0.15, 0.2) is 0 Å². The van der Waals surface area contributed by atoms with E-state index in [-0.39, 0.29) is 11.7 Å². The molecule has 1 heterocycles. The van der Waals surface area contributed by atoms with Crippen LogP contribution >= 0.6 is 0 Å². The zero-order valence-corrected chi connectivity index (χ0v) is 17.2. The number of aryl methyl sites for hydroxylation is 1. The number of piperazine rings is 1. The van der Waals surface area contributed by atoms with Crippen molar-refractivity contribution in [1.29, 1.82) is 0 Å². The summed E-state index contributed by atoms with van der Waals surface area (Å²) in [7, 11) is -3.51. The van der Waals surface area contributed by atoms with E-state index in [1.165, 1.54) is 5.56 Å². The Morgan fingerprint density at radius 3 is 2.21 bits per heavy atom. The van der Waals surface area contributed by atoms with Crippen molar-refractivity contribution in [2.75, 3.05) is 31.1 Å². The number of carbonyl (C=O) groups excluding carboxylic acids is 1. The van der Waals surface area contributed by atoms with Crippen molar-refractivity contribution in [2.45, 2.75) is 31.6 Å². The Kier molecular flexibility index (Phi) is 5.02. The van der Waals surface area contributed by atoms with E-state index >= 15 is 0 Å². The van der Waals surface area contributed by atoms with Gasteiger partial charge >= 0.3 is 0 Å². The lowest BCUT2D eigenvalue weighted by atomic mass is 10.0. The molecule has 1 atom stereocenters. The fourth-order valence-corrected chi connectivity index (χ4v) is 5.61. The third-order valence-electron chi connectivity index (χ3n) is 5.96. The molecule has 2 aromatic rings. The molecule has 0 spiro atoms. The predicted octanol–water partition coefficient (Wildman–Crippen LogP) is 2.81. The minimum absolute atomic E-state index is 0.00833. The van der Waals surface area contributed by atoms with Gasteiger partial charge in [-0.1, -0.05) is 23.8 Å². The van der Waals surface area contributed by atoms with Gasteiger partial charge in [-0.05, 0) is 62.1 Å².